The maximum absolute atomic E-state index is 8.94. The second-order valence-corrected chi connectivity index (χ2v) is 3.74. The first-order valence-electron chi connectivity index (χ1n) is 4.15. The monoisotopic (exact) mass is 208 g/mol. The molecule has 2 rings (SSSR count). The standard InChI is InChI=1S/C9H9BO3S/c1-14-8-4-2-3-7-6(8)5-9(13-7)10(11)12/h2-5,11-12H,1H3. The summed E-state index contributed by atoms with van der Waals surface area (Å²) < 4.78 is 5.26. The molecule has 0 unspecified atom stereocenters. The van der Waals surface area contributed by atoms with Crippen LogP contribution in [-0.4, -0.2) is 23.4 Å². The molecular formula is C9H9BO3S. The number of hydrogen-bond donors (Lipinski definition) is 2. The summed E-state index contributed by atoms with van der Waals surface area (Å²) in [4.78, 5) is 1.07. The third-order valence-corrected chi connectivity index (χ3v) is 2.81. The van der Waals surface area contributed by atoms with E-state index in [1.165, 1.54) is 0 Å². The van der Waals surface area contributed by atoms with Gasteiger partial charge in [-0.25, -0.2) is 0 Å². The van der Waals surface area contributed by atoms with Crippen LogP contribution < -0.4 is 5.66 Å². The minimum absolute atomic E-state index is 0.182. The summed E-state index contributed by atoms with van der Waals surface area (Å²) in [5.41, 5.74) is 0.862. The summed E-state index contributed by atoms with van der Waals surface area (Å²) in [5, 5.41) is 18.8. The number of hydrogen-bond acceptors (Lipinski definition) is 4. The van der Waals surface area contributed by atoms with Crippen LogP contribution in [-0.2, 0) is 0 Å². The van der Waals surface area contributed by atoms with Crippen molar-refractivity contribution in [3.8, 4) is 0 Å². The second-order valence-electron chi connectivity index (χ2n) is 2.89. The lowest BCUT2D eigenvalue weighted by atomic mass is 9.88. The van der Waals surface area contributed by atoms with E-state index in [0.29, 0.717) is 5.58 Å². The molecule has 0 saturated heterocycles. The number of rotatable bonds is 2. The van der Waals surface area contributed by atoms with E-state index in [2.05, 4.69) is 0 Å². The number of benzene rings is 1. The van der Waals surface area contributed by atoms with E-state index in [1.807, 2.05) is 18.4 Å². The van der Waals surface area contributed by atoms with Gasteiger partial charge in [-0.3, -0.25) is 0 Å². The van der Waals surface area contributed by atoms with Crippen molar-refractivity contribution >= 4 is 35.5 Å². The molecule has 1 aromatic carbocycles. The highest BCUT2D eigenvalue weighted by atomic mass is 32.2. The molecule has 0 radical (unpaired) electrons. The Hall–Kier alpha value is -0.905. The van der Waals surface area contributed by atoms with Crippen LogP contribution in [0, 0.1) is 0 Å². The smallest absolute Gasteiger partial charge is 0.465 e. The van der Waals surface area contributed by atoms with Crippen molar-refractivity contribution < 1.29 is 14.5 Å². The third kappa shape index (κ3) is 1.54. The maximum Gasteiger partial charge on any atom is 0.526 e. The van der Waals surface area contributed by atoms with E-state index in [1.54, 1.807) is 23.9 Å². The second kappa shape index (κ2) is 3.69. The van der Waals surface area contributed by atoms with Crippen LogP contribution in [0.5, 0.6) is 0 Å². The van der Waals surface area contributed by atoms with Gasteiger partial charge in [0.2, 0.25) is 0 Å². The molecular weight excluding hydrogens is 199 g/mol. The summed E-state index contributed by atoms with van der Waals surface area (Å²) in [7, 11) is -1.54. The Bertz CT molecular complexity index is 452. The summed E-state index contributed by atoms with van der Waals surface area (Å²) in [6.07, 6.45) is 1.97. The van der Waals surface area contributed by atoms with Crippen molar-refractivity contribution in [2.45, 2.75) is 4.90 Å². The first-order valence-corrected chi connectivity index (χ1v) is 5.37. The summed E-state index contributed by atoms with van der Waals surface area (Å²) >= 11 is 1.60. The van der Waals surface area contributed by atoms with Crippen molar-refractivity contribution in [2.75, 3.05) is 6.26 Å². The molecule has 0 aliphatic heterocycles. The minimum Gasteiger partial charge on any atom is -0.465 e. The molecule has 3 nitrogen and oxygen atoms in total. The highest BCUT2D eigenvalue weighted by Crippen LogP contribution is 2.25. The third-order valence-electron chi connectivity index (χ3n) is 2.01. The molecule has 72 valence electrons. The Morgan fingerprint density at radius 3 is 2.79 bits per heavy atom. The zero-order valence-corrected chi connectivity index (χ0v) is 8.41. The van der Waals surface area contributed by atoms with E-state index in [-0.39, 0.29) is 5.66 Å². The fourth-order valence-corrected chi connectivity index (χ4v) is 1.95. The van der Waals surface area contributed by atoms with E-state index in [4.69, 9.17) is 14.5 Å². The zero-order chi connectivity index (χ0) is 10.1. The number of furan rings is 1. The lowest BCUT2D eigenvalue weighted by molar-refractivity contribution is 0.412. The van der Waals surface area contributed by atoms with Gasteiger partial charge in [-0.1, -0.05) is 6.07 Å². The van der Waals surface area contributed by atoms with Gasteiger partial charge in [0, 0.05) is 10.3 Å². The fourth-order valence-electron chi connectivity index (χ4n) is 1.36. The van der Waals surface area contributed by atoms with Gasteiger partial charge in [-0.05, 0) is 24.5 Å². The summed E-state index contributed by atoms with van der Waals surface area (Å²) in [6, 6.07) is 7.31. The zero-order valence-electron chi connectivity index (χ0n) is 7.60. The summed E-state index contributed by atoms with van der Waals surface area (Å²) in [5.74, 6) is 0. The minimum atomic E-state index is -1.54. The molecule has 0 amide bonds. The topological polar surface area (TPSA) is 53.6 Å². The molecule has 1 aromatic heterocycles. The molecule has 2 N–H and O–H groups in total. The first kappa shape index (κ1) is 9.64. The van der Waals surface area contributed by atoms with Crippen molar-refractivity contribution in [2.24, 2.45) is 0 Å². The molecule has 0 fully saturated rings. The highest BCUT2D eigenvalue weighted by molar-refractivity contribution is 7.98. The van der Waals surface area contributed by atoms with Crippen LogP contribution in [0.25, 0.3) is 11.0 Å². The molecule has 5 heteroatoms. The van der Waals surface area contributed by atoms with Gasteiger partial charge in [-0.2, -0.15) is 0 Å². The van der Waals surface area contributed by atoms with E-state index in [0.717, 1.165) is 10.3 Å². The molecule has 0 aliphatic carbocycles. The average Bonchev–Trinajstić information content (AvgIpc) is 2.60. The predicted molar refractivity (Wildman–Crippen MR) is 57.8 cm³/mol. The van der Waals surface area contributed by atoms with Crippen LogP contribution >= 0.6 is 11.8 Å². The molecule has 0 saturated carbocycles. The van der Waals surface area contributed by atoms with Gasteiger partial charge in [0.1, 0.15) is 11.2 Å². The molecule has 0 aliphatic rings. The van der Waals surface area contributed by atoms with Crippen LogP contribution in [0.4, 0.5) is 0 Å². The highest BCUT2D eigenvalue weighted by Gasteiger charge is 2.17. The lowest BCUT2D eigenvalue weighted by Crippen LogP contribution is -2.27. The maximum atomic E-state index is 8.94. The lowest BCUT2D eigenvalue weighted by Gasteiger charge is -1.95. The molecule has 2 aromatic rings. The SMILES string of the molecule is CSc1cccc2oc(B(O)O)cc12. The Labute approximate surface area is 85.9 Å². The molecule has 14 heavy (non-hydrogen) atoms. The van der Waals surface area contributed by atoms with Gasteiger partial charge < -0.3 is 14.5 Å². The summed E-state index contributed by atoms with van der Waals surface area (Å²) in [6.45, 7) is 0. The fraction of sp³-hybridized carbons (Fsp3) is 0.111. The van der Waals surface area contributed by atoms with Crippen molar-refractivity contribution in [1.29, 1.82) is 0 Å². The quantitative estimate of drug-likeness (QED) is 0.567. The number of thioether (sulfide) groups is 1. The van der Waals surface area contributed by atoms with Crippen molar-refractivity contribution in [1.82, 2.24) is 0 Å². The van der Waals surface area contributed by atoms with Crippen LogP contribution in [0.3, 0.4) is 0 Å². The van der Waals surface area contributed by atoms with Gasteiger partial charge in [0.15, 0.2) is 0 Å². The van der Waals surface area contributed by atoms with Crippen LogP contribution in [0.15, 0.2) is 33.6 Å². The first-order chi connectivity index (χ1) is 6.72. The molecule has 0 spiro atoms. The van der Waals surface area contributed by atoms with Gasteiger partial charge in [-0.15, -0.1) is 11.8 Å². The van der Waals surface area contributed by atoms with Crippen molar-refractivity contribution in [3.63, 3.8) is 0 Å². The normalized spacial score (nSPS) is 10.8. The van der Waals surface area contributed by atoms with Gasteiger partial charge >= 0.3 is 7.12 Å². The number of fused-ring (bicyclic) bond motifs is 1. The Kier molecular flexibility index (Phi) is 2.54. The average molecular weight is 208 g/mol. The van der Waals surface area contributed by atoms with Gasteiger partial charge in [0.05, 0.1) is 0 Å². The van der Waals surface area contributed by atoms with Crippen molar-refractivity contribution in [3.05, 3.63) is 24.3 Å². The van der Waals surface area contributed by atoms with Gasteiger partial charge in [0.25, 0.3) is 0 Å². The van der Waals surface area contributed by atoms with Crippen LogP contribution in [0.2, 0.25) is 0 Å². The Morgan fingerprint density at radius 2 is 2.14 bits per heavy atom. The van der Waals surface area contributed by atoms with E-state index < -0.39 is 7.12 Å². The largest absolute Gasteiger partial charge is 0.526 e. The van der Waals surface area contributed by atoms with Crippen LogP contribution in [0.1, 0.15) is 0 Å². The van der Waals surface area contributed by atoms with E-state index in [9.17, 15) is 0 Å². The predicted octanol–water partition coefficient (Wildman–Crippen LogP) is 0.834. The Balaban J connectivity index is 2.64. The Morgan fingerprint density at radius 1 is 1.36 bits per heavy atom. The molecule has 1 heterocycles. The van der Waals surface area contributed by atoms with E-state index >= 15 is 0 Å². The molecule has 0 bridgehead atoms. The molecule has 0 atom stereocenters.